The Bertz CT molecular complexity index is 1680. The van der Waals surface area contributed by atoms with Gasteiger partial charge in [-0.25, -0.2) is 4.98 Å². The molecule has 0 amide bonds. The van der Waals surface area contributed by atoms with Crippen molar-refractivity contribution in [3.8, 4) is 33.9 Å². The molecule has 1 saturated heterocycles. The molecule has 7 rings (SSSR count). The Morgan fingerprint density at radius 3 is 2.63 bits per heavy atom. The van der Waals surface area contributed by atoms with Crippen molar-refractivity contribution < 1.29 is 0 Å². The average Bonchev–Trinajstić information content (AvgIpc) is 3.51. The molecule has 1 aliphatic heterocycles. The lowest BCUT2D eigenvalue weighted by Gasteiger charge is -2.37. The van der Waals surface area contributed by atoms with Crippen LogP contribution in [0.15, 0.2) is 73.4 Å². The van der Waals surface area contributed by atoms with Crippen LogP contribution in [0.1, 0.15) is 0 Å². The zero-order chi connectivity index (χ0) is 23.4. The fourth-order valence-corrected chi connectivity index (χ4v) is 4.64. The van der Waals surface area contributed by atoms with Crippen LogP contribution in [0.3, 0.4) is 0 Å². The molecule has 0 radical (unpaired) electrons. The number of aromatic amines is 2. The molecule has 170 valence electrons. The summed E-state index contributed by atoms with van der Waals surface area (Å²) in [5.41, 5.74) is 13.3. The Morgan fingerprint density at radius 1 is 0.857 bits per heavy atom. The van der Waals surface area contributed by atoms with Gasteiger partial charge in [0.05, 0.1) is 35.0 Å². The summed E-state index contributed by atoms with van der Waals surface area (Å²) in [6, 6.07) is 14.4. The highest BCUT2D eigenvalue weighted by Crippen LogP contribution is 2.34. The van der Waals surface area contributed by atoms with Gasteiger partial charge < -0.3 is 15.6 Å². The van der Waals surface area contributed by atoms with E-state index in [0.29, 0.717) is 0 Å². The Hall–Kier alpha value is -4.63. The maximum absolute atomic E-state index is 5.94. The maximum atomic E-state index is 5.94. The van der Waals surface area contributed by atoms with E-state index in [1.165, 1.54) is 0 Å². The van der Waals surface area contributed by atoms with Crippen LogP contribution in [0.4, 0.5) is 5.82 Å². The van der Waals surface area contributed by atoms with Crippen LogP contribution >= 0.6 is 0 Å². The van der Waals surface area contributed by atoms with E-state index in [0.717, 1.165) is 74.6 Å². The molecule has 6 heterocycles. The van der Waals surface area contributed by atoms with Gasteiger partial charge in [0.2, 0.25) is 0 Å². The van der Waals surface area contributed by atoms with Gasteiger partial charge >= 0.3 is 0 Å². The SMILES string of the molecule is NC1CN(c2cncc(-c3ccc4[nH]nc(-c5cc6c(-c7cccnc7)nccc6[nH]5)c4c3)n2)C1. The molecule has 1 fully saturated rings. The summed E-state index contributed by atoms with van der Waals surface area (Å²) in [5.74, 6) is 0.850. The van der Waals surface area contributed by atoms with Gasteiger partial charge in [-0.1, -0.05) is 6.07 Å². The van der Waals surface area contributed by atoms with Crippen LogP contribution in [0.5, 0.6) is 0 Å². The van der Waals surface area contributed by atoms with E-state index in [-0.39, 0.29) is 6.04 Å². The summed E-state index contributed by atoms with van der Waals surface area (Å²) in [6.45, 7) is 1.61. The monoisotopic (exact) mass is 459 g/mol. The molecule has 1 aromatic carbocycles. The maximum Gasteiger partial charge on any atom is 0.147 e. The second-order valence-corrected chi connectivity index (χ2v) is 8.81. The van der Waals surface area contributed by atoms with Crippen LogP contribution in [-0.4, -0.2) is 54.2 Å². The summed E-state index contributed by atoms with van der Waals surface area (Å²) in [5, 5.41) is 9.81. The van der Waals surface area contributed by atoms with Gasteiger partial charge in [0.25, 0.3) is 0 Å². The van der Waals surface area contributed by atoms with E-state index in [1.54, 1.807) is 18.6 Å². The van der Waals surface area contributed by atoms with E-state index in [4.69, 9.17) is 10.7 Å². The van der Waals surface area contributed by atoms with Crippen LogP contribution in [0, 0.1) is 0 Å². The number of aromatic nitrogens is 7. The van der Waals surface area contributed by atoms with Gasteiger partial charge in [-0.15, -0.1) is 0 Å². The summed E-state index contributed by atoms with van der Waals surface area (Å²) in [7, 11) is 0. The second kappa shape index (κ2) is 7.71. The largest absolute Gasteiger partial charge is 0.353 e. The highest BCUT2D eigenvalue weighted by molar-refractivity contribution is 6.00. The Labute approximate surface area is 200 Å². The van der Waals surface area contributed by atoms with E-state index in [2.05, 4.69) is 47.2 Å². The molecule has 4 N–H and O–H groups in total. The summed E-state index contributed by atoms with van der Waals surface area (Å²) in [4.78, 5) is 23.8. The third-order valence-corrected chi connectivity index (χ3v) is 6.45. The topological polar surface area (TPSA) is 125 Å². The number of nitrogens with zero attached hydrogens (tertiary/aromatic N) is 6. The zero-order valence-corrected chi connectivity index (χ0v) is 18.7. The minimum absolute atomic E-state index is 0.204. The molecule has 5 aromatic heterocycles. The van der Waals surface area contributed by atoms with Crippen molar-refractivity contribution in [1.29, 1.82) is 0 Å². The average molecular weight is 460 g/mol. The van der Waals surface area contributed by atoms with E-state index < -0.39 is 0 Å². The third kappa shape index (κ3) is 3.32. The predicted octanol–water partition coefficient (Wildman–Crippen LogP) is 3.77. The van der Waals surface area contributed by atoms with Crippen molar-refractivity contribution in [2.75, 3.05) is 18.0 Å². The molecule has 0 spiro atoms. The first kappa shape index (κ1) is 19.8. The van der Waals surface area contributed by atoms with Gasteiger partial charge in [-0.3, -0.25) is 20.1 Å². The quantitative estimate of drug-likeness (QED) is 0.366. The standard InChI is InChI=1S/C26H21N9/c27-17-13-35(14-17)24-12-29-11-23(32-24)15-3-4-21-18(8-15)26(34-33-21)22-9-19-20(31-22)5-7-30-25(19)16-2-1-6-28-10-16/h1-12,17,31H,13-14,27H2,(H,33,34). The predicted molar refractivity (Wildman–Crippen MR) is 136 cm³/mol. The number of nitrogens with one attached hydrogen (secondary N) is 2. The summed E-state index contributed by atoms with van der Waals surface area (Å²) in [6.07, 6.45) is 8.97. The smallest absolute Gasteiger partial charge is 0.147 e. The van der Waals surface area contributed by atoms with Crippen molar-refractivity contribution in [2.45, 2.75) is 6.04 Å². The van der Waals surface area contributed by atoms with E-state index in [1.807, 2.05) is 42.7 Å². The molecule has 0 unspecified atom stereocenters. The molecule has 1 aliphatic rings. The van der Waals surface area contributed by atoms with Gasteiger partial charge in [0.1, 0.15) is 11.5 Å². The minimum atomic E-state index is 0.204. The first-order valence-electron chi connectivity index (χ1n) is 11.4. The third-order valence-electron chi connectivity index (χ3n) is 6.45. The number of nitrogens with two attached hydrogens (primary N) is 1. The van der Waals surface area contributed by atoms with Crippen molar-refractivity contribution in [1.82, 2.24) is 35.1 Å². The molecule has 6 aromatic rings. The van der Waals surface area contributed by atoms with Crippen molar-refractivity contribution >= 4 is 27.6 Å². The number of rotatable bonds is 4. The van der Waals surface area contributed by atoms with Crippen LogP contribution < -0.4 is 10.6 Å². The van der Waals surface area contributed by atoms with Crippen LogP contribution in [0.25, 0.3) is 55.7 Å². The molecule has 0 atom stereocenters. The molecule has 0 saturated carbocycles. The first-order valence-corrected chi connectivity index (χ1v) is 11.4. The number of H-pyrrole nitrogens is 2. The number of fused-ring (bicyclic) bond motifs is 2. The van der Waals surface area contributed by atoms with Crippen molar-refractivity contribution in [3.05, 3.63) is 73.4 Å². The van der Waals surface area contributed by atoms with Crippen molar-refractivity contribution in [2.24, 2.45) is 5.73 Å². The summed E-state index contributed by atoms with van der Waals surface area (Å²) < 4.78 is 0. The number of benzene rings is 1. The Balaban J connectivity index is 1.31. The Morgan fingerprint density at radius 2 is 1.77 bits per heavy atom. The highest BCUT2D eigenvalue weighted by atomic mass is 15.3. The number of hydrogen-bond donors (Lipinski definition) is 3. The van der Waals surface area contributed by atoms with Crippen molar-refractivity contribution in [3.63, 3.8) is 0 Å². The lowest BCUT2D eigenvalue weighted by atomic mass is 10.1. The molecule has 9 nitrogen and oxygen atoms in total. The van der Waals surface area contributed by atoms with Crippen LogP contribution in [-0.2, 0) is 0 Å². The first-order chi connectivity index (χ1) is 17.2. The molecular formula is C26H21N9. The molecule has 0 aliphatic carbocycles. The highest BCUT2D eigenvalue weighted by Gasteiger charge is 2.24. The van der Waals surface area contributed by atoms with Crippen LogP contribution in [0.2, 0.25) is 0 Å². The molecule has 0 bridgehead atoms. The van der Waals surface area contributed by atoms with Gasteiger partial charge in [-0.05, 0) is 36.4 Å². The van der Waals surface area contributed by atoms with Gasteiger partial charge in [0, 0.05) is 65.1 Å². The second-order valence-electron chi connectivity index (χ2n) is 8.81. The Kier molecular flexibility index (Phi) is 4.36. The fraction of sp³-hybridized carbons (Fsp3) is 0.115. The minimum Gasteiger partial charge on any atom is -0.353 e. The lowest BCUT2D eigenvalue weighted by molar-refractivity contribution is 0.514. The lowest BCUT2D eigenvalue weighted by Crippen LogP contribution is -2.56. The van der Waals surface area contributed by atoms with Gasteiger partial charge in [0.15, 0.2) is 0 Å². The molecule has 9 heteroatoms. The summed E-state index contributed by atoms with van der Waals surface area (Å²) >= 11 is 0. The molecular weight excluding hydrogens is 438 g/mol. The number of anilines is 1. The van der Waals surface area contributed by atoms with E-state index in [9.17, 15) is 0 Å². The molecule has 35 heavy (non-hydrogen) atoms. The zero-order valence-electron chi connectivity index (χ0n) is 18.7. The number of pyridine rings is 2. The van der Waals surface area contributed by atoms with E-state index >= 15 is 0 Å². The normalized spacial score (nSPS) is 14.0. The van der Waals surface area contributed by atoms with Gasteiger partial charge in [-0.2, -0.15) is 5.10 Å². The fourth-order valence-electron chi connectivity index (χ4n) is 4.64. The number of hydrogen-bond acceptors (Lipinski definition) is 7.